The lowest BCUT2D eigenvalue weighted by Gasteiger charge is -2.36. The van der Waals surface area contributed by atoms with Gasteiger partial charge in [0, 0.05) is 0 Å². The molecule has 0 atom stereocenters. The molecule has 0 N–H and O–H groups in total. The van der Waals surface area contributed by atoms with Crippen LogP contribution < -0.4 is 0 Å². The van der Waals surface area contributed by atoms with E-state index in [2.05, 4.69) is 36.4 Å². The summed E-state index contributed by atoms with van der Waals surface area (Å²) in [6.07, 6.45) is 0. The molecule has 48 heavy (non-hydrogen) atoms. The van der Waals surface area contributed by atoms with Crippen LogP contribution >= 0.6 is 0 Å². The van der Waals surface area contributed by atoms with Crippen molar-refractivity contribution in [1.82, 2.24) is 0 Å². The Labute approximate surface area is 285 Å². The molecular weight excluding hydrogens is 608 g/mol. The standard InChI is InChI=1S/C40H50O8/c1-5-13-36(14-6-1)35-47-32-31-45-28-27-43-24-23-41-21-22-42-25-26-44-29-30-46-33-34-48-40(37-15-7-2-8-16-37,38-17-9-3-10-18-38)39-19-11-4-12-20-39/h1-20H,21-35H2. The minimum absolute atomic E-state index is 0.422. The van der Waals surface area contributed by atoms with Crippen LogP contribution in [0.4, 0.5) is 0 Å². The number of hydrogen-bond acceptors (Lipinski definition) is 8. The Hall–Kier alpha value is -3.44. The van der Waals surface area contributed by atoms with Gasteiger partial charge in [0.05, 0.1) is 99.1 Å². The third kappa shape index (κ3) is 13.6. The average Bonchev–Trinajstić information content (AvgIpc) is 3.15. The molecule has 0 radical (unpaired) electrons. The van der Waals surface area contributed by atoms with E-state index in [4.69, 9.17) is 37.9 Å². The van der Waals surface area contributed by atoms with Crippen LogP contribution in [-0.4, -0.2) is 92.5 Å². The number of ether oxygens (including phenoxy) is 8. The van der Waals surface area contributed by atoms with Crippen LogP contribution in [0.5, 0.6) is 0 Å². The lowest BCUT2D eigenvalue weighted by molar-refractivity contribution is -0.0397. The van der Waals surface area contributed by atoms with Crippen LogP contribution in [0.3, 0.4) is 0 Å². The van der Waals surface area contributed by atoms with Gasteiger partial charge in [0.25, 0.3) is 0 Å². The molecule has 0 aliphatic rings. The summed E-state index contributed by atoms with van der Waals surface area (Å²) >= 11 is 0. The maximum atomic E-state index is 6.73. The molecule has 0 spiro atoms. The van der Waals surface area contributed by atoms with Crippen LogP contribution in [0.2, 0.25) is 0 Å². The van der Waals surface area contributed by atoms with Crippen LogP contribution in [0.15, 0.2) is 121 Å². The SMILES string of the molecule is c1ccc(COCCOCCOCCOCCOCCOCCOCCOC(c2ccccc2)(c2ccccc2)c2ccccc2)cc1. The molecule has 0 heterocycles. The lowest BCUT2D eigenvalue weighted by Crippen LogP contribution is -2.34. The third-order valence-corrected chi connectivity index (χ3v) is 7.43. The Bertz CT molecular complexity index is 1210. The van der Waals surface area contributed by atoms with Gasteiger partial charge in [-0.3, -0.25) is 0 Å². The molecule has 0 aliphatic heterocycles. The second kappa shape index (κ2) is 23.8. The second-order valence-electron chi connectivity index (χ2n) is 10.8. The first-order valence-electron chi connectivity index (χ1n) is 16.8. The summed E-state index contributed by atoms with van der Waals surface area (Å²) in [5.41, 5.74) is 3.63. The van der Waals surface area contributed by atoms with E-state index in [9.17, 15) is 0 Å². The molecule has 0 unspecified atom stereocenters. The molecule has 258 valence electrons. The van der Waals surface area contributed by atoms with E-state index in [-0.39, 0.29) is 0 Å². The largest absolute Gasteiger partial charge is 0.377 e. The summed E-state index contributed by atoms with van der Waals surface area (Å²) in [5, 5.41) is 0. The third-order valence-electron chi connectivity index (χ3n) is 7.43. The maximum absolute atomic E-state index is 6.73. The van der Waals surface area contributed by atoms with Crippen LogP contribution in [0, 0.1) is 0 Å². The molecule has 0 saturated heterocycles. The van der Waals surface area contributed by atoms with Crippen molar-refractivity contribution in [3.63, 3.8) is 0 Å². The molecule has 8 nitrogen and oxygen atoms in total. The fourth-order valence-corrected chi connectivity index (χ4v) is 5.11. The summed E-state index contributed by atoms with van der Waals surface area (Å²) in [7, 11) is 0. The molecule has 0 fully saturated rings. The molecule has 0 aliphatic carbocycles. The van der Waals surface area contributed by atoms with E-state index >= 15 is 0 Å². The molecule has 0 bridgehead atoms. The van der Waals surface area contributed by atoms with Gasteiger partial charge >= 0.3 is 0 Å². The first kappa shape index (κ1) is 37.4. The summed E-state index contributed by atoms with van der Waals surface area (Å²) < 4.78 is 46.0. The summed E-state index contributed by atoms with van der Waals surface area (Å²) in [5.74, 6) is 0. The fourth-order valence-electron chi connectivity index (χ4n) is 5.11. The smallest absolute Gasteiger partial charge is 0.143 e. The van der Waals surface area contributed by atoms with Gasteiger partial charge in [-0.15, -0.1) is 0 Å². The van der Waals surface area contributed by atoms with E-state index in [0.29, 0.717) is 99.1 Å². The van der Waals surface area contributed by atoms with Gasteiger partial charge < -0.3 is 37.9 Å². The first-order valence-corrected chi connectivity index (χ1v) is 16.8. The van der Waals surface area contributed by atoms with Gasteiger partial charge in [0.2, 0.25) is 0 Å². The van der Waals surface area contributed by atoms with Crippen molar-refractivity contribution in [3.05, 3.63) is 144 Å². The van der Waals surface area contributed by atoms with Gasteiger partial charge in [0.15, 0.2) is 0 Å². The monoisotopic (exact) mass is 658 g/mol. The predicted molar refractivity (Wildman–Crippen MR) is 186 cm³/mol. The Morgan fingerprint density at radius 3 is 0.896 bits per heavy atom. The van der Waals surface area contributed by atoms with Gasteiger partial charge in [-0.25, -0.2) is 0 Å². The highest BCUT2D eigenvalue weighted by molar-refractivity contribution is 5.47. The molecule has 0 aromatic heterocycles. The van der Waals surface area contributed by atoms with Gasteiger partial charge in [-0.2, -0.15) is 0 Å². The van der Waals surface area contributed by atoms with Crippen LogP contribution in [-0.2, 0) is 50.1 Å². The van der Waals surface area contributed by atoms with Crippen LogP contribution in [0.1, 0.15) is 22.3 Å². The van der Waals surface area contributed by atoms with Gasteiger partial charge in [-0.1, -0.05) is 121 Å². The summed E-state index contributed by atoms with van der Waals surface area (Å²) in [4.78, 5) is 0. The zero-order valence-electron chi connectivity index (χ0n) is 27.9. The van der Waals surface area contributed by atoms with E-state index in [0.717, 1.165) is 22.3 Å². The van der Waals surface area contributed by atoms with Crippen molar-refractivity contribution in [2.45, 2.75) is 12.2 Å². The quantitative estimate of drug-likeness (QED) is 0.0546. The Morgan fingerprint density at radius 2 is 0.562 bits per heavy atom. The number of benzene rings is 4. The Balaban J connectivity index is 0.964. The Kier molecular flexibility index (Phi) is 18.5. The normalized spacial score (nSPS) is 11.6. The fraction of sp³-hybridized carbons (Fsp3) is 0.400. The minimum atomic E-state index is -0.744. The van der Waals surface area contributed by atoms with Crippen LogP contribution in [0.25, 0.3) is 0 Å². The lowest BCUT2D eigenvalue weighted by atomic mass is 9.80. The summed E-state index contributed by atoms with van der Waals surface area (Å²) in [6.45, 7) is 7.69. The van der Waals surface area contributed by atoms with Crippen molar-refractivity contribution in [2.75, 3.05) is 92.5 Å². The molecular formula is C40H50O8. The van der Waals surface area contributed by atoms with Crippen molar-refractivity contribution >= 4 is 0 Å². The van der Waals surface area contributed by atoms with Gasteiger partial charge in [-0.05, 0) is 22.3 Å². The predicted octanol–water partition coefficient (Wildman–Crippen LogP) is 6.31. The average molecular weight is 659 g/mol. The second-order valence-corrected chi connectivity index (χ2v) is 10.8. The van der Waals surface area contributed by atoms with E-state index < -0.39 is 5.60 Å². The highest BCUT2D eigenvalue weighted by Gasteiger charge is 2.37. The van der Waals surface area contributed by atoms with Crippen molar-refractivity contribution in [3.8, 4) is 0 Å². The van der Waals surface area contributed by atoms with Crippen molar-refractivity contribution < 1.29 is 37.9 Å². The zero-order valence-corrected chi connectivity index (χ0v) is 27.9. The molecule has 4 rings (SSSR count). The molecule has 8 heteroatoms. The minimum Gasteiger partial charge on any atom is -0.377 e. The molecule has 0 amide bonds. The number of rotatable bonds is 27. The highest BCUT2D eigenvalue weighted by Crippen LogP contribution is 2.40. The van der Waals surface area contributed by atoms with Crippen molar-refractivity contribution in [2.24, 2.45) is 0 Å². The van der Waals surface area contributed by atoms with Crippen molar-refractivity contribution in [1.29, 1.82) is 0 Å². The molecule has 0 saturated carbocycles. The van der Waals surface area contributed by atoms with Gasteiger partial charge in [0.1, 0.15) is 5.60 Å². The summed E-state index contributed by atoms with van der Waals surface area (Å²) in [6, 6.07) is 41.1. The Morgan fingerprint density at radius 1 is 0.292 bits per heavy atom. The molecule has 4 aromatic carbocycles. The highest BCUT2D eigenvalue weighted by atomic mass is 16.6. The van der Waals surface area contributed by atoms with E-state index in [1.54, 1.807) is 0 Å². The zero-order chi connectivity index (χ0) is 33.2. The maximum Gasteiger partial charge on any atom is 0.143 e. The first-order chi connectivity index (χ1) is 23.9. The topological polar surface area (TPSA) is 73.8 Å². The number of hydrogen-bond donors (Lipinski definition) is 0. The van der Waals surface area contributed by atoms with E-state index in [1.807, 2.05) is 84.9 Å². The van der Waals surface area contributed by atoms with E-state index in [1.165, 1.54) is 0 Å². The molecule has 4 aromatic rings.